The van der Waals surface area contributed by atoms with Crippen molar-refractivity contribution < 1.29 is 9.47 Å². The maximum Gasteiger partial charge on any atom is 0.161 e. The van der Waals surface area contributed by atoms with E-state index in [4.69, 9.17) is 9.47 Å². The second-order valence-corrected chi connectivity index (χ2v) is 4.83. The minimum Gasteiger partial charge on any atom is -0.493 e. The first-order chi connectivity index (χ1) is 9.33. The Kier molecular flexibility index (Phi) is 5.28. The number of nitrogens with one attached hydrogen (secondary N) is 1. The third-order valence-electron chi connectivity index (χ3n) is 3.36. The summed E-state index contributed by atoms with van der Waals surface area (Å²) in [5, 5.41) is 3.40. The number of hydrogen-bond donors (Lipinski definition) is 1. The zero-order chi connectivity index (χ0) is 13.5. The average molecular weight is 261 g/mol. The Morgan fingerprint density at radius 2 is 2.11 bits per heavy atom. The first kappa shape index (κ1) is 13.9. The van der Waals surface area contributed by atoms with Crippen LogP contribution in [0.1, 0.15) is 31.7 Å². The molecule has 3 heteroatoms. The van der Waals surface area contributed by atoms with E-state index in [0.29, 0.717) is 0 Å². The summed E-state index contributed by atoms with van der Waals surface area (Å²) in [4.78, 5) is 0. The maximum atomic E-state index is 6.10. The number of ether oxygens (including phenoxy) is 2. The lowest BCUT2D eigenvalue weighted by Gasteiger charge is -2.19. The molecule has 0 radical (unpaired) electrons. The van der Waals surface area contributed by atoms with Gasteiger partial charge in [-0.05, 0) is 57.0 Å². The molecule has 2 rings (SSSR count). The Bertz CT molecular complexity index is 421. The van der Waals surface area contributed by atoms with Crippen molar-refractivity contribution in [1.29, 1.82) is 0 Å². The first-order valence-electron chi connectivity index (χ1n) is 7.01. The molecule has 1 atom stereocenters. The first-order valence-corrected chi connectivity index (χ1v) is 7.01. The summed E-state index contributed by atoms with van der Waals surface area (Å²) in [7, 11) is 1.69. The van der Waals surface area contributed by atoms with Crippen LogP contribution < -0.4 is 14.8 Å². The number of rotatable bonds is 4. The van der Waals surface area contributed by atoms with Crippen molar-refractivity contribution in [2.75, 3.05) is 20.2 Å². The Morgan fingerprint density at radius 1 is 1.21 bits per heavy atom. The highest BCUT2D eigenvalue weighted by Gasteiger charge is 2.15. The van der Waals surface area contributed by atoms with E-state index in [9.17, 15) is 0 Å². The monoisotopic (exact) mass is 261 g/mol. The summed E-state index contributed by atoms with van der Waals surface area (Å²) >= 11 is 0. The smallest absolute Gasteiger partial charge is 0.161 e. The molecule has 1 saturated heterocycles. The largest absolute Gasteiger partial charge is 0.493 e. The average Bonchev–Trinajstić information content (AvgIpc) is 2.69. The van der Waals surface area contributed by atoms with Crippen molar-refractivity contribution in [3.8, 4) is 11.5 Å². The number of methoxy groups -OCH3 is 1. The molecule has 0 bridgehead atoms. The molecule has 1 aliphatic rings. The van der Waals surface area contributed by atoms with Crippen LogP contribution in [0, 0.1) is 0 Å². The predicted octanol–water partition coefficient (Wildman–Crippen LogP) is 3.25. The molecule has 1 fully saturated rings. The van der Waals surface area contributed by atoms with Crippen LogP contribution in [0.4, 0.5) is 0 Å². The van der Waals surface area contributed by atoms with Crippen LogP contribution in [0.5, 0.6) is 11.5 Å². The molecule has 1 heterocycles. The fourth-order valence-corrected chi connectivity index (χ4v) is 2.36. The van der Waals surface area contributed by atoms with E-state index in [1.54, 1.807) is 7.11 Å². The predicted molar refractivity (Wildman–Crippen MR) is 78.8 cm³/mol. The molecule has 0 saturated carbocycles. The molecule has 3 nitrogen and oxygen atoms in total. The molecule has 104 valence electrons. The van der Waals surface area contributed by atoms with Gasteiger partial charge in [0.05, 0.1) is 7.11 Å². The lowest BCUT2D eigenvalue weighted by Crippen LogP contribution is -2.19. The second-order valence-electron chi connectivity index (χ2n) is 4.83. The SMILES string of the molecule is CC=Cc1ccc(OC2CCCNCC2)c(OC)c1. The molecule has 1 aromatic carbocycles. The molecule has 1 aromatic rings. The molecule has 0 aliphatic carbocycles. The second kappa shape index (κ2) is 7.19. The third kappa shape index (κ3) is 4.00. The van der Waals surface area contributed by atoms with E-state index in [0.717, 1.165) is 43.0 Å². The van der Waals surface area contributed by atoms with Gasteiger partial charge >= 0.3 is 0 Å². The standard InChI is InChI=1S/C16H23NO2/c1-3-5-13-7-8-15(16(12-13)18-2)19-14-6-4-10-17-11-9-14/h3,5,7-8,12,14,17H,4,6,9-11H2,1-2H3. The van der Waals surface area contributed by atoms with Gasteiger partial charge in [-0.2, -0.15) is 0 Å². The van der Waals surface area contributed by atoms with Crippen molar-refractivity contribution in [3.05, 3.63) is 29.8 Å². The van der Waals surface area contributed by atoms with Crippen LogP contribution >= 0.6 is 0 Å². The van der Waals surface area contributed by atoms with Gasteiger partial charge in [0, 0.05) is 0 Å². The van der Waals surface area contributed by atoms with Gasteiger partial charge in [-0.3, -0.25) is 0 Å². The summed E-state index contributed by atoms with van der Waals surface area (Å²) in [5.41, 5.74) is 1.13. The number of allylic oxidation sites excluding steroid dienone is 1. The fraction of sp³-hybridized carbons (Fsp3) is 0.500. The van der Waals surface area contributed by atoms with E-state index in [1.807, 2.05) is 25.1 Å². The van der Waals surface area contributed by atoms with Gasteiger partial charge in [-0.15, -0.1) is 0 Å². The quantitative estimate of drug-likeness (QED) is 0.902. The molecule has 19 heavy (non-hydrogen) atoms. The Morgan fingerprint density at radius 3 is 2.89 bits per heavy atom. The van der Waals surface area contributed by atoms with Crippen molar-refractivity contribution in [2.24, 2.45) is 0 Å². The van der Waals surface area contributed by atoms with Crippen LogP contribution in [0.2, 0.25) is 0 Å². The molecular weight excluding hydrogens is 238 g/mol. The molecule has 1 unspecified atom stereocenters. The van der Waals surface area contributed by atoms with Crippen molar-refractivity contribution >= 4 is 6.08 Å². The van der Waals surface area contributed by atoms with Gasteiger partial charge in [-0.1, -0.05) is 18.2 Å². The van der Waals surface area contributed by atoms with Crippen LogP contribution in [0.25, 0.3) is 6.08 Å². The molecule has 1 aliphatic heterocycles. The van der Waals surface area contributed by atoms with Gasteiger partial charge in [0.15, 0.2) is 11.5 Å². The lowest BCUT2D eigenvalue weighted by atomic mass is 10.1. The summed E-state index contributed by atoms with van der Waals surface area (Å²) in [6.07, 6.45) is 7.70. The van der Waals surface area contributed by atoms with Gasteiger partial charge in [0.25, 0.3) is 0 Å². The summed E-state index contributed by atoms with van der Waals surface area (Å²) in [6.45, 7) is 4.14. The topological polar surface area (TPSA) is 30.5 Å². The minimum absolute atomic E-state index is 0.288. The highest BCUT2D eigenvalue weighted by Crippen LogP contribution is 2.30. The van der Waals surface area contributed by atoms with Crippen LogP contribution in [-0.4, -0.2) is 26.3 Å². The molecule has 0 amide bonds. The van der Waals surface area contributed by atoms with Crippen molar-refractivity contribution in [3.63, 3.8) is 0 Å². The fourth-order valence-electron chi connectivity index (χ4n) is 2.36. The Hall–Kier alpha value is -1.48. The normalized spacial score (nSPS) is 20.2. The summed E-state index contributed by atoms with van der Waals surface area (Å²) in [5.74, 6) is 1.66. The van der Waals surface area contributed by atoms with Crippen molar-refractivity contribution in [1.82, 2.24) is 5.32 Å². The van der Waals surface area contributed by atoms with Gasteiger partial charge in [0.1, 0.15) is 6.10 Å². The third-order valence-corrected chi connectivity index (χ3v) is 3.36. The summed E-state index contributed by atoms with van der Waals surface area (Å²) < 4.78 is 11.5. The van der Waals surface area contributed by atoms with E-state index < -0.39 is 0 Å². The molecule has 1 N–H and O–H groups in total. The Labute approximate surface area is 115 Å². The zero-order valence-electron chi connectivity index (χ0n) is 11.8. The van der Waals surface area contributed by atoms with Crippen LogP contribution in [0.3, 0.4) is 0 Å². The van der Waals surface area contributed by atoms with E-state index in [-0.39, 0.29) is 6.10 Å². The van der Waals surface area contributed by atoms with E-state index in [1.165, 1.54) is 6.42 Å². The molecular formula is C16H23NO2. The van der Waals surface area contributed by atoms with Crippen molar-refractivity contribution in [2.45, 2.75) is 32.3 Å². The zero-order valence-corrected chi connectivity index (χ0v) is 11.8. The van der Waals surface area contributed by atoms with Crippen LogP contribution in [0.15, 0.2) is 24.3 Å². The molecule has 0 aromatic heterocycles. The van der Waals surface area contributed by atoms with E-state index in [2.05, 4.69) is 17.5 Å². The summed E-state index contributed by atoms with van der Waals surface area (Å²) in [6, 6.07) is 6.09. The lowest BCUT2D eigenvalue weighted by molar-refractivity contribution is 0.180. The number of benzene rings is 1. The minimum atomic E-state index is 0.288. The van der Waals surface area contributed by atoms with Gasteiger partial charge < -0.3 is 14.8 Å². The highest BCUT2D eigenvalue weighted by atomic mass is 16.5. The van der Waals surface area contributed by atoms with Gasteiger partial charge in [-0.25, -0.2) is 0 Å². The highest BCUT2D eigenvalue weighted by molar-refractivity contribution is 5.55. The van der Waals surface area contributed by atoms with Crippen LogP contribution in [-0.2, 0) is 0 Å². The Balaban J connectivity index is 2.10. The maximum absolute atomic E-state index is 6.10. The number of hydrogen-bond acceptors (Lipinski definition) is 3. The van der Waals surface area contributed by atoms with E-state index >= 15 is 0 Å². The van der Waals surface area contributed by atoms with Gasteiger partial charge in [0.2, 0.25) is 0 Å². The molecule has 0 spiro atoms.